The molecule has 3 rings (SSSR count). The van der Waals surface area contributed by atoms with Gasteiger partial charge in [0.2, 0.25) is 0 Å². The summed E-state index contributed by atoms with van der Waals surface area (Å²) in [5.41, 5.74) is 8.72. The largest absolute Gasteiger partial charge is 0.392 e. The van der Waals surface area contributed by atoms with Gasteiger partial charge in [-0.1, -0.05) is 24.3 Å². The van der Waals surface area contributed by atoms with E-state index in [4.69, 9.17) is 10.5 Å². The molecule has 2 aliphatic rings. The fraction of sp³-hybridized carbons (Fsp3) is 0.647. The predicted molar refractivity (Wildman–Crippen MR) is 79.5 cm³/mol. The van der Waals surface area contributed by atoms with E-state index in [2.05, 4.69) is 24.3 Å². The Kier molecular flexibility index (Phi) is 4.11. The highest BCUT2D eigenvalue weighted by Gasteiger charge is 2.43. The second-order valence-electron chi connectivity index (χ2n) is 6.43. The minimum atomic E-state index is -0.346. The number of nitrogens with two attached hydrogens (primary N) is 1. The Morgan fingerprint density at radius 1 is 1.35 bits per heavy atom. The molecule has 1 saturated heterocycles. The van der Waals surface area contributed by atoms with E-state index in [1.165, 1.54) is 11.1 Å². The van der Waals surface area contributed by atoms with Gasteiger partial charge in [0.05, 0.1) is 12.7 Å². The second-order valence-corrected chi connectivity index (χ2v) is 6.43. The molecule has 3 nitrogen and oxygen atoms in total. The molecule has 3 N–H and O–H groups in total. The zero-order valence-corrected chi connectivity index (χ0v) is 12.1. The quantitative estimate of drug-likeness (QED) is 0.886. The van der Waals surface area contributed by atoms with Crippen LogP contribution in [0.2, 0.25) is 0 Å². The molecule has 0 saturated carbocycles. The SMILES string of the molecule is NCC1(C(O)C2CCCOC2)CCc2ccccc2C1. The van der Waals surface area contributed by atoms with Crippen molar-refractivity contribution in [1.29, 1.82) is 0 Å². The first-order valence-corrected chi connectivity index (χ1v) is 7.78. The van der Waals surface area contributed by atoms with Gasteiger partial charge in [0, 0.05) is 24.5 Å². The molecule has 1 aromatic carbocycles. The van der Waals surface area contributed by atoms with E-state index in [9.17, 15) is 5.11 Å². The molecule has 20 heavy (non-hydrogen) atoms. The van der Waals surface area contributed by atoms with Gasteiger partial charge in [-0.2, -0.15) is 0 Å². The van der Waals surface area contributed by atoms with Crippen LogP contribution in [-0.2, 0) is 17.6 Å². The molecular weight excluding hydrogens is 250 g/mol. The van der Waals surface area contributed by atoms with Crippen molar-refractivity contribution in [3.63, 3.8) is 0 Å². The predicted octanol–water partition coefficient (Wildman–Crippen LogP) is 1.91. The topological polar surface area (TPSA) is 55.5 Å². The summed E-state index contributed by atoms with van der Waals surface area (Å²) >= 11 is 0. The average molecular weight is 275 g/mol. The Hall–Kier alpha value is -0.900. The monoisotopic (exact) mass is 275 g/mol. The number of aliphatic hydroxyl groups is 1. The smallest absolute Gasteiger partial charge is 0.0661 e. The lowest BCUT2D eigenvalue weighted by atomic mass is 9.65. The molecule has 1 heterocycles. The van der Waals surface area contributed by atoms with Crippen LogP contribution in [0.3, 0.4) is 0 Å². The highest BCUT2D eigenvalue weighted by Crippen LogP contribution is 2.41. The summed E-state index contributed by atoms with van der Waals surface area (Å²) < 4.78 is 5.55. The van der Waals surface area contributed by atoms with Gasteiger partial charge in [0.25, 0.3) is 0 Å². The van der Waals surface area contributed by atoms with Crippen molar-refractivity contribution >= 4 is 0 Å². The lowest BCUT2D eigenvalue weighted by molar-refractivity contribution is -0.0729. The molecule has 0 radical (unpaired) electrons. The van der Waals surface area contributed by atoms with Crippen LogP contribution in [0.5, 0.6) is 0 Å². The van der Waals surface area contributed by atoms with E-state index in [1.54, 1.807) is 0 Å². The minimum Gasteiger partial charge on any atom is -0.392 e. The summed E-state index contributed by atoms with van der Waals surface area (Å²) in [7, 11) is 0. The number of fused-ring (bicyclic) bond motifs is 1. The molecular formula is C17H25NO2. The van der Waals surface area contributed by atoms with Gasteiger partial charge in [-0.25, -0.2) is 0 Å². The Bertz CT molecular complexity index is 456. The number of hydrogen-bond acceptors (Lipinski definition) is 3. The summed E-state index contributed by atoms with van der Waals surface area (Å²) in [6, 6.07) is 8.57. The zero-order chi connectivity index (χ0) is 14.0. The maximum absolute atomic E-state index is 10.9. The van der Waals surface area contributed by atoms with Crippen LogP contribution in [0.4, 0.5) is 0 Å². The van der Waals surface area contributed by atoms with Crippen molar-refractivity contribution in [1.82, 2.24) is 0 Å². The molecule has 0 aromatic heterocycles. The molecule has 0 amide bonds. The Labute approximate surface area is 121 Å². The number of aryl methyl sites for hydroxylation is 1. The van der Waals surface area contributed by atoms with Gasteiger partial charge in [0.15, 0.2) is 0 Å². The number of ether oxygens (including phenoxy) is 1. The average Bonchev–Trinajstić information content (AvgIpc) is 2.54. The highest BCUT2D eigenvalue weighted by atomic mass is 16.5. The lowest BCUT2D eigenvalue weighted by Gasteiger charge is -2.44. The molecule has 0 spiro atoms. The van der Waals surface area contributed by atoms with Gasteiger partial charge >= 0.3 is 0 Å². The van der Waals surface area contributed by atoms with Crippen molar-refractivity contribution in [2.45, 2.75) is 38.2 Å². The van der Waals surface area contributed by atoms with Crippen molar-refractivity contribution in [2.75, 3.05) is 19.8 Å². The molecule has 110 valence electrons. The van der Waals surface area contributed by atoms with Crippen LogP contribution in [0.15, 0.2) is 24.3 Å². The summed E-state index contributed by atoms with van der Waals surface area (Å²) in [4.78, 5) is 0. The molecule has 0 bridgehead atoms. The van der Waals surface area contributed by atoms with E-state index in [0.29, 0.717) is 13.2 Å². The van der Waals surface area contributed by atoms with Gasteiger partial charge in [-0.3, -0.25) is 0 Å². The van der Waals surface area contributed by atoms with Crippen molar-refractivity contribution in [2.24, 2.45) is 17.1 Å². The Morgan fingerprint density at radius 2 is 2.15 bits per heavy atom. The van der Waals surface area contributed by atoms with Crippen molar-refractivity contribution in [3.8, 4) is 0 Å². The van der Waals surface area contributed by atoms with Crippen molar-refractivity contribution in [3.05, 3.63) is 35.4 Å². The number of aliphatic hydroxyl groups excluding tert-OH is 1. The molecule has 3 heteroatoms. The third kappa shape index (κ3) is 2.50. The molecule has 1 fully saturated rings. The summed E-state index contributed by atoms with van der Waals surface area (Å²) in [5, 5.41) is 10.9. The molecule has 3 unspecified atom stereocenters. The first-order valence-electron chi connectivity index (χ1n) is 7.78. The fourth-order valence-electron chi connectivity index (χ4n) is 3.89. The Morgan fingerprint density at radius 3 is 2.85 bits per heavy atom. The summed E-state index contributed by atoms with van der Waals surface area (Å²) in [6.07, 6.45) is 4.68. The van der Waals surface area contributed by atoms with Crippen LogP contribution in [0.1, 0.15) is 30.4 Å². The molecule has 1 aliphatic carbocycles. The normalized spacial score (nSPS) is 31.6. The maximum atomic E-state index is 10.9. The van der Waals surface area contributed by atoms with E-state index in [1.807, 2.05) is 0 Å². The van der Waals surface area contributed by atoms with Gasteiger partial charge < -0.3 is 15.6 Å². The van der Waals surface area contributed by atoms with Crippen LogP contribution < -0.4 is 5.73 Å². The highest BCUT2D eigenvalue weighted by molar-refractivity contribution is 5.31. The van der Waals surface area contributed by atoms with E-state index in [0.717, 1.165) is 38.7 Å². The summed E-state index contributed by atoms with van der Waals surface area (Å²) in [6.45, 7) is 2.07. The number of benzene rings is 1. The zero-order valence-electron chi connectivity index (χ0n) is 12.1. The van der Waals surface area contributed by atoms with Crippen LogP contribution in [0, 0.1) is 11.3 Å². The first kappa shape index (κ1) is 14.1. The third-order valence-corrected chi connectivity index (χ3v) is 5.23. The molecule has 1 aromatic rings. The third-order valence-electron chi connectivity index (χ3n) is 5.23. The maximum Gasteiger partial charge on any atom is 0.0661 e. The van der Waals surface area contributed by atoms with E-state index in [-0.39, 0.29) is 17.4 Å². The molecule has 3 atom stereocenters. The number of rotatable bonds is 3. The molecule has 1 aliphatic heterocycles. The first-order chi connectivity index (χ1) is 9.75. The van der Waals surface area contributed by atoms with Gasteiger partial charge in [-0.05, 0) is 43.2 Å². The van der Waals surface area contributed by atoms with Crippen LogP contribution in [-0.4, -0.2) is 31.0 Å². The van der Waals surface area contributed by atoms with Gasteiger partial charge in [0.1, 0.15) is 0 Å². The minimum absolute atomic E-state index is 0.167. The van der Waals surface area contributed by atoms with Crippen molar-refractivity contribution < 1.29 is 9.84 Å². The van der Waals surface area contributed by atoms with Crippen LogP contribution >= 0.6 is 0 Å². The summed E-state index contributed by atoms with van der Waals surface area (Å²) in [5.74, 6) is 0.248. The van der Waals surface area contributed by atoms with E-state index >= 15 is 0 Å². The Balaban J connectivity index is 1.81. The lowest BCUT2D eigenvalue weighted by Crippen LogP contribution is -2.50. The number of hydrogen-bond donors (Lipinski definition) is 2. The van der Waals surface area contributed by atoms with Crippen LogP contribution in [0.25, 0.3) is 0 Å². The van der Waals surface area contributed by atoms with E-state index < -0.39 is 0 Å². The fourth-order valence-corrected chi connectivity index (χ4v) is 3.89. The standard InChI is InChI=1S/C17H25NO2/c18-12-17(16(19)15-6-3-9-20-11-15)8-7-13-4-1-2-5-14(13)10-17/h1-2,4-5,15-16,19H,3,6-12,18H2. The van der Waals surface area contributed by atoms with Gasteiger partial charge in [-0.15, -0.1) is 0 Å². The second kappa shape index (κ2) is 5.84.